The highest BCUT2D eigenvalue weighted by molar-refractivity contribution is 5.44. The fourth-order valence-electron chi connectivity index (χ4n) is 1.02. The molecular weight excluding hydrogens is 160 g/mol. The topological polar surface area (TPSA) is 24.9 Å². The van der Waals surface area contributed by atoms with Gasteiger partial charge in [-0.25, -0.2) is 0 Å². The van der Waals surface area contributed by atoms with Gasteiger partial charge in [-0.15, -0.1) is 5.92 Å². The number of nitrogens with zero attached hydrogens (tertiary/aromatic N) is 1. The summed E-state index contributed by atoms with van der Waals surface area (Å²) in [5.41, 5.74) is 2.20. The summed E-state index contributed by atoms with van der Waals surface area (Å²) in [4.78, 5) is 4.21. The normalized spacial score (nSPS) is 8.77. The number of aryl methyl sites for hydroxylation is 1. The number of hydrogen-bond acceptors (Lipinski definition) is 2. The van der Waals surface area contributed by atoms with Crippen molar-refractivity contribution in [3.63, 3.8) is 0 Å². The van der Waals surface area contributed by atoms with Crippen LogP contribution in [-0.4, -0.2) is 11.5 Å². The molecule has 0 fully saturated rings. The SMILES string of the molecule is CC#CCNc1ccnc(CC)c1. The van der Waals surface area contributed by atoms with Crippen molar-refractivity contribution in [3.8, 4) is 11.8 Å². The van der Waals surface area contributed by atoms with Crippen LogP contribution in [0.2, 0.25) is 0 Å². The molecule has 1 aromatic rings. The number of hydrogen-bond donors (Lipinski definition) is 1. The molecule has 0 saturated heterocycles. The Balaban J connectivity index is 2.59. The fraction of sp³-hybridized carbons (Fsp3) is 0.364. The lowest BCUT2D eigenvalue weighted by atomic mass is 10.2. The Bertz CT molecular complexity index is 320. The highest BCUT2D eigenvalue weighted by Crippen LogP contribution is 2.07. The average Bonchev–Trinajstić information content (AvgIpc) is 2.19. The number of aromatic nitrogens is 1. The fourth-order valence-corrected chi connectivity index (χ4v) is 1.02. The van der Waals surface area contributed by atoms with Gasteiger partial charge in [-0.3, -0.25) is 4.98 Å². The van der Waals surface area contributed by atoms with E-state index < -0.39 is 0 Å². The van der Waals surface area contributed by atoms with Crippen LogP contribution in [0.3, 0.4) is 0 Å². The van der Waals surface area contributed by atoms with Gasteiger partial charge >= 0.3 is 0 Å². The maximum Gasteiger partial charge on any atom is 0.0765 e. The van der Waals surface area contributed by atoms with E-state index in [1.807, 2.05) is 19.2 Å². The minimum atomic E-state index is 0.698. The smallest absolute Gasteiger partial charge is 0.0765 e. The molecule has 0 saturated carbocycles. The zero-order chi connectivity index (χ0) is 9.52. The van der Waals surface area contributed by atoms with Crippen LogP contribution in [0.1, 0.15) is 19.5 Å². The molecule has 1 heterocycles. The summed E-state index contributed by atoms with van der Waals surface area (Å²) in [7, 11) is 0. The van der Waals surface area contributed by atoms with Gasteiger partial charge in [0, 0.05) is 17.6 Å². The Morgan fingerprint density at radius 3 is 3.08 bits per heavy atom. The maximum atomic E-state index is 4.21. The number of pyridine rings is 1. The molecule has 0 aromatic carbocycles. The standard InChI is InChI=1S/C11H14N2/c1-3-5-7-12-11-6-8-13-10(4-2)9-11/h6,8-9H,4,7H2,1-2H3,(H,12,13). The molecule has 0 aliphatic rings. The Labute approximate surface area is 79.4 Å². The van der Waals surface area contributed by atoms with Gasteiger partial charge in [-0.2, -0.15) is 0 Å². The summed E-state index contributed by atoms with van der Waals surface area (Å²) in [6.45, 7) is 4.63. The van der Waals surface area contributed by atoms with E-state index in [0.717, 1.165) is 17.8 Å². The van der Waals surface area contributed by atoms with E-state index in [9.17, 15) is 0 Å². The third kappa shape index (κ3) is 3.16. The summed E-state index contributed by atoms with van der Waals surface area (Å²) in [6, 6.07) is 4.01. The minimum absolute atomic E-state index is 0.698. The molecule has 1 aromatic heterocycles. The number of rotatable bonds is 3. The lowest BCUT2D eigenvalue weighted by molar-refractivity contribution is 1.03. The second kappa shape index (κ2) is 5.21. The number of nitrogens with one attached hydrogen (secondary N) is 1. The summed E-state index contributed by atoms with van der Waals surface area (Å²) in [6.07, 6.45) is 2.79. The van der Waals surface area contributed by atoms with Crippen LogP contribution in [0.5, 0.6) is 0 Å². The molecular formula is C11H14N2. The largest absolute Gasteiger partial charge is 0.374 e. The van der Waals surface area contributed by atoms with E-state index in [1.54, 1.807) is 0 Å². The third-order valence-electron chi connectivity index (χ3n) is 1.74. The molecule has 1 rings (SSSR count). The molecule has 0 aliphatic heterocycles. The Kier molecular flexibility index (Phi) is 3.84. The van der Waals surface area contributed by atoms with Crippen molar-refractivity contribution in [3.05, 3.63) is 24.0 Å². The van der Waals surface area contributed by atoms with E-state index >= 15 is 0 Å². The third-order valence-corrected chi connectivity index (χ3v) is 1.74. The van der Waals surface area contributed by atoms with E-state index in [1.165, 1.54) is 0 Å². The highest BCUT2D eigenvalue weighted by atomic mass is 14.9. The van der Waals surface area contributed by atoms with E-state index in [2.05, 4.69) is 35.1 Å². The molecule has 2 nitrogen and oxygen atoms in total. The molecule has 0 bridgehead atoms. The maximum absolute atomic E-state index is 4.21. The Morgan fingerprint density at radius 2 is 2.38 bits per heavy atom. The van der Waals surface area contributed by atoms with Crippen LogP contribution in [0.4, 0.5) is 5.69 Å². The van der Waals surface area contributed by atoms with Gasteiger partial charge in [0.15, 0.2) is 0 Å². The zero-order valence-corrected chi connectivity index (χ0v) is 8.09. The predicted molar refractivity (Wildman–Crippen MR) is 55.6 cm³/mol. The average molecular weight is 174 g/mol. The first-order valence-corrected chi connectivity index (χ1v) is 4.45. The molecule has 68 valence electrons. The number of anilines is 1. The zero-order valence-electron chi connectivity index (χ0n) is 8.09. The van der Waals surface area contributed by atoms with Crippen molar-refractivity contribution < 1.29 is 0 Å². The molecule has 0 spiro atoms. The monoisotopic (exact) mass is 174 g/mol. The van der Waals surface area contributed by atoms with Crippen molar-refractivity contribution in [1.29, 1.82) is 0 Å². The lowest BCUT2D eigenvalue weighted by Gasteiger charge is -2.02. The van der Waals surface area contributed by atoms with Crippen molar-refractivity contribution in [2.75, 3.05) is 11.9 Å². The van der Waals surface area contributed by atoms with E-state index in [-0.39, 0.29) is 0 Å². The Hall–Kier alpha value is -1.49. The molecule has 0 amide bonds. The van der Waals surface area contributed by atoms with Gasteiger partial charge in [-0.05, 0) is 25.5 Å². The van der Waals surface area contributed by atoms with Crippen LogP contribution < -0.4 is 5.32 Å². The predicted octanol–water partition coefficient (Wildman–Crippen LogP) is 2.08. The van der Waals surface area contributed by atoms with Gasteiger partial charge in [0.1, 0.15) is 0 Å². The molecule has 2 heteroatoms. The van der Waals surface area contributed by atoms with Crippen LogP contribution in [0.15, 0.2) is 18.3 Å². The lowest BCUT2D eigenvalue weighted by Crippen LogP contribution is -1.99. The molecule has 0 atom stereocenters. The van der Waals surface area contributed by atoms with Gasteiger partial charge in [0.25, 0.3) is 0 Å². The second-order valence-electron chi connectivity index (χ2n) is 2.67. The quantitative estimate of drug-likeness (QED) is 0.710. The summed E-state index contributed by atoms with van der Waals surface area (Å²) >= 11 is 0. The first-order valence-electron chi connectivity index (χ1n) is 4.45. The van der Waals surface area contributed by atoms with Gasteiger partial charge < -0.3 is 5.32 Å². The second-order valence-corrected chi connectivity index (χ2v) is 2.67. The minimum Gasteiger partial charge on any atom is -0.374 e. The van der Waals surface area contributed by atoms with Crippen LogP contribution in [-0.2, 0) is 6.42 Å². The van der Waals surface area contributed by atoms with Gasteiger partial charge in [0.2, 0.25) is 0 Å². The molecule has 0 aliphatic carbocycles. The Morgan fingerprint density at radius 1 is 1.54 bits per heavy atom. The van der Waals surface area contributed by atoms with Crippen molar-refractivity contribution in [1.82, 2.24) is 4.98 Å². The molecule has 1 N–H and O–H groups in total. The van der Waals surface area contributed by atoms with Crippen molar-refractivity contribution in [2.24, 2.45) is 0 Å². The van der Waals surface area contributed by atoms with Crippen LogP contribution >= 0.6 is 0 Å². The van der Waals surface area contributed by atoms with Gasteiger partial charge in [0.05, 0.1) is 6.54 Å². The van der Waals surface area contributed by atoms with Crippen molar-refractivity contribution in [2.45, 2.75) is 20.3 Å². The van der Waals surface area contributed by atoms with Crippen LogP contribution in [0, 0.1) is 11.8 Å². The van der Waals surface area contributed by atoms with E-state index in [4.69, 9.17) is 0 Å². The summed E-state index contributed by atoms with van der Waals surface area (Å²) in [5, 5.41) is 3.21. The molecule has 0 radical (unpaired) electrons. The first-order chi connectivity index (χ1) is 6.36. The summed E-state index contributed by atoms with van der Waals surface area (Å²) in [5.74, 6) is 5.79. The highest BCUT2D eigenvalue weighted by Gasteiger charge is 1.92. The van der Waals surface area contributed by atoms with Crippen LogP contribution in [0.25, 0.3) is 0 Å². The molecule has 0 unspecified atom stereocenters. The van der Waals surface area contributed by atoms with Crippen molar-refractivity contribution >= 4 is 5.69 Å². The molecule has 13 heavy (non-hydrogen) atoms. The summed E-state index contributed by atoms with van der Waals surface area (Å²) < 4.78 is 0. The van der Waals surface area contributed by atoms with E-state index in [0.29, 0.717) is 6.54 Å². The van der Waals surface area contributed by atoms with Gasteiger partial charge in [-0.1, -0.05) is 12.8 Å². The first kappa shape index (κ1) is 9.60.